The van der Waals surface area contributed by atoms with E-state index in [0.29, 0.717) is 48.1 Å². The van der Waals surface area contributed by atoms with Gasteiger partial charge in [0.15, 0.2) is 0 Å². The molecular formula is C24H24N6O4. The van der Waals surface area contributed by atoms with E-state index in [9.17, 15) is 14.9 Å². The normalized spacial score (nSPS) is 10.8. The van der Waals surface area contributed by atoms with E-state index in [4.69, 9.17) is 4.74 Å². The third-order valence-corrected chi connectivity index (χ3v) is 5.38. The molecule has 0 radical (unpaired) electrons. The fraction of sp³-hybridized carbons (Fsp3) is 0.208. The second kappa shape index (κ2) is 9.99. The van der Waals surface area contributed by atoms with Crippen molar-refractivity contribution in [1.82, 2.24) is 19.3 Å². The van der Waals surface area contributed by atoms with Gasteiger partial charge in [0.1, 0.15) is 23.7 Å². The minimum absolute atomic E-state index is 0.0295. The highest BCUT2D eigenvalue weighted by Crippen LogP contribution is 2.25. The van der Waals surface area contributed by atoms with Crippen molar-refractivity contribution >= 4 is 17.3 Å². The van der Waals surface area contributed by atoms with Gasteiger partial charge >= 0.3 is 5.69 Å². The van der Waals surface area contributed by atoms with Gasteiger partial charge in [0.25, 0.3) is 5.91 Å². The number of carbonyl (C=O) groups is 1. The Bertz CT molecular complexity index is 1300. The molecule has 0 aliphatic heterocycles. The Morgan fingerprint density at radius 1 is 1.15 bits per heavy atom. The number of hydrogen-bond acceptors (Lipinski definition) is 6. The van der Waals surface area contributed by atoms with Crippen LogP contribution in [0.2, 0.25) is 0 Å². The predicted molar refractivity (Wildman–Crippen MR) is 126 cm³/mol. The van der Waals surface area contributed by atoms with Crippen molar-refractivity contribution in [1.29, 1.82) is 0 Å². The van der Waals surface area contributed by atoms with Crippen LogP contribution >= 0.6 is 0 Å². The summed E-state index contributed by atoms with van der Waals surface area (Å²) in [5.74, 6) is 0.317. The first-order chi connectivity index (χ1) is 16.4. The fourth-order valence-corrected chi connectivity index (χ4v) is 3.61. The molecule has 34 heavy (non-hydrogen) atoms. The molecule has 2 heterocycles. The molecule has 0 fully saturated rings. The lowest BCUT2D eigenvalue weighted by Crippen LogP contribution is -2.14. The van der Waals surface area contributed by atoms with Crippen LogP contribution in [-0.2, 0) is 13.1 Å². The quantitative estimate of drug-likeness (QED) is 0.298. The highest BCUT2D eigenvalue weighted by Gasteiger charge is 2.21. The van der Waals surface area contributed by atoms with Crippen molar-refractivity contribution in [2.24, 2.45) is 0 Å². The number of nitrogens with zero attached hydrogens (tertiary/aromatic N) is 5. The van der Waals surface area contributed by atoms with E-state index in [0.717, 1.165) is 5.56 Å². The molecule has 0 bridgehead atoms. The topological polar surface area (TPSA) is 117 Å². The maximum absolute atomic E-state index is 12.8. The van der Waals surface area contributed by atoms with E-state index >= 15 is 0 Å². The second-order valence-electron chi connectivity index (χ2n) is 7.73. The van der Waals surface area contributed by atoms with Crippen molar-refractivity contribution in [2.45, 2.75) is 26.9 Å². The summed E-state index contributed by atoms with van der Waals surface area (Å²) in [6, 6.07) is 14.3. The van der Waals surface area contributed by atoms with Crippen molar-refractivity contribution in [2.75, 3.05) is 11.9 Å². The molecule has 10 nitrogen and oxygen atoms in total. The number of nitro groups is 1. The minimum atomic E-state index is -0.416. The molecule has 0 aliphatic rings. The molecule has 4 rings (SSSR count). The molecule has 0 unspecified atom stereocenters. The Kier molecular flexibility index (Phi) is 6.67. The monoisotopic (exact) mass is 460 g/mol. The molecule has 2 aromatic carbocycles. The van der Waals surface area contributed by atoms with E-state index < -0.39 is 4.92 Å². The number of hydrogen-bond donors (Lipinski definition) is 1. The van der Waals surface area contributed by atoms with Gasteiger partial charge < -0.3 is 14.6 Å². The van der Waals surface area contributed by atoms with Gasteiger partial charge in [-0.2, -0.15) is 5.10 Å². The number of aromatic nitrogens is 4. The molecule has 2 aromatic heterocycles. The summed E-state index contributed by atoms with van der Waals surface area (Å²) < 4.78 is 9.36. The predicted octanol–water partition coefficient (Wildman–Crippen LogP) is 3.98. The SMILES string of the molecule is Cc1nn(Cc2ccc(C(=O)Nc3ccccc3OCCn3ccnc3)cc2)c(C)c1[N+](=O)[O-]. The van der Waals surface area contributed by atoms with Crippen molar-refractivity contribution in [3.8, 4) is 5.75 Å². The first kappa shape index (κ1) is 22.7. The summed E-state index contributed by atoms with van der Waals surface area (Å²) in [6.45, 7) is 4.74. The summed E-state index contributed by atoms with van der Waals surface area (Å²) in [6.07, 6.45) is 5.29. The summed E-state index contributed by atoms with van der Waals surface area (Å²) in [5, 5.41) is 18.4. The van der Waals surface area contributed by atoms with Crippen LogP contribution in [-0.4, -0.2) is 36.8 Å². The highest BCUT2D eigenvalue weighted by atomic mass is 16.6. The first-order valence-corrected chi connectivity index (χ1v) is 10.7. The number of rotatable bonds is 9. The molecule has 0 saturated carbocycles. The number of carbonyl (C=O) groups excluding carboxylic acids is 1. The highest BCUT2D eigenvalue weighted by molar-refractivity contribution is 6.05. The standard InChI is InChI=1S/C24H24N6O4/c1-17-23(30(32)33)18(2)29(27-17)15-19-7-9-20(10-8-19)24(31)26-21-5-3-4-6-22(21)34-14-13-28-12-11-25-16-28/h3-12,16H,13-15H2,1-2H3,(H,26,31). The van der Waals surface area contributed by atoms with Crippen molar-refractivity contribution < 1.29 is 14.5 Å². The van der Waals surface area contributed by atoms with Crippen LogP contribution < -0.4 is 10.1 Å². The number of imidazole rings is 1. The van der Waals surface area contributed by atoms with E-state index in [1.165, 1.54) is 0 Å². The zero-order valence-electron chi connectivity index (χ0n) is 18.8. The lowest BCUT2D eigenvalue weighted by molar-refractivity contribution is -0.386. The zero-order chi connectivity index (χ0) is 24.1. The lowest BCUT2D eigenvalue weighted by Gasteiger charge is -2.13. The van der Waals surface area contributed by atoms with E-state index in [-0.39, 0.29) is 11.6 Å². The first-order valence-electron chi connectivity index (χ1n) is 10.7. The molecule has 4 aromatic rings. The lowest BCUT2D eigenvalue weighted by atomic mass is 10.1. The molecule has 1 amide bonds. The fourth-order valence-electron chi connectivity index (χ4n) is 3.61. The second-order valence-corrected chi connectivity index (χ2v) is 7.73. The number of anilines is 1. The van der Waals surface area contributed by atoms with Crippen LogP contribution in [0.4, 0.5) is 11.4 Å². The average Bonchev–Trinajstić information content (AvgIpc) is 3.43. The molecule has 0 spiro atoms. The van der Waals surface area contributed by atoms with Crippen LogP contribution in [0.25, 0.3) is 0 Å². The van der Waals surface area contributed by atoms with Crippen LogP contribution in [0.3, 0.4) is 0 Å². The van der Waals surface area contributed by atoms with Crippen LogP contribution in [0, 0.1) is 24.0 Å². The number of benzene rings is 2. The largest absolute Gasteiger partial charge is 0.490 e. The minimum Gasteiger partial charge on any atom is -0.490 e. The van der Waals surface area contributed by atoms with Gasteiger partial charge in [-0.25, -0.2) is 4.98 Å². The van der Waals surface area contributed by atoms with Gasteiger partial charge in [-0.05, 0) is 43.7 Å². The van der Waals surface area contributed by atoms with Gasteiger partial charge in [0, 0.05) is 18.0 Å². The number of nitrogens with one attached hydrogen (secondary N) is 1. The summed E-state index contributed by atoms with van der Waals surface area (Å²) in [5.41, 5.74) is 2.84. The summed E-state index contributed by atoms with van der Waals surface area (Å²) in [4.78, 5) is 27.6. The third-order valence-electron chi connectivity index (χ3n) is 5.38. The smallest absolute Gasteiger partial charge is 0.312 e. The summed E-state index contributed by atoms with van der Waals surface area (Å²) in [7, 11) is 0. The van der Waals surface area contributed by atoms with Gasteiger partial charge in [0.2, 0.25) is 0 Å². The van der Waals surface area contributed by atoms with Gasteiger partial charge in [-0.15, -0.1) is 0 Å². The molecule has 10 heteroatoms. The van der Waals surface area contributed by atoms with Gasteiger partial charge in [-0.3, -0.25) is 19.6 Å². The Balaban J connectivity index is 1.40. The Hall–Kier alpha value is -4.47. The number of aryl methyl sites for hydroxylation is 1. The van der Waals surface area contributed by atoms with E-state index in [2.05, 4.69) is 15.4 Å². The number of amides is 1. The number of para-hydroxylation sites is 2. The maximum atomic E-state index is 12.8. The Labute approximate surface area is 196 Å². The summed E-state index contributed by atoms with van der Waals surface area (Å²) >= 11 is 0. The van der Waals surface area contributed by atoms with Crippen LogP contribution in [0.1, 0.15) is 27.3 Å². The maximum Gasteiger partial charge on any atom is 0.312 e. The zero-order valence-corrected chi connectivity index (χ0v) is 18.8. The molecular weight excluding hydrogens is 436 g/mol. The van der Waals surface area contributed by atoms with Gasteiger partial charge in [-0.1, -0.05) is 24.3 Å². The van der Waals surface area contributed by atoms with Crippen molar-refractivity contribution in [3.63, 3.8) is 0 Å². The third kappa shape index (κ3) is 5.12. The van der Waals surface area contributed by atoms with Gasteiger partial charge in [0.05, 0.1) is 30.0 Å². The van der Waals surface area contributed by atoms with E-state index in [1.54, 1.807) is 55.3 Å². The molecule has 0 aliphatic carbocycles. The van der Waals surface area contributed by atoms with Crippen LogP contribution in [0.15, 0.2) is 67.3 Å². The van der Waals surface area contributed by atoms with Crippen molar-refractivity contribution in [3.05, 3.63) is 99.9 Å². The Morgan fingerprint density at radius 3 is 2.59 bits per heavy atom. The molecule has 1 N–H and O–H groups in total. The molecule has 174 valence electrons. The molecule has 0 atom stereocenters. The number of ether oxygens (including phenoxy) is 1. The molecule has 0 saturated heterocycles. The van der Waals surface area contributed by atoms with Crippen LogP contribution in [0.5, 0.6) is 5.75 Å². The average molecular weight is 460 g/mol. The van der Waals surface area contributed by atoms with E-state index in [1.807, 2.05) is 35.0 Å². The Morgan fingerprint density at radius 2 is 1.91 bits per heavy atom.